The predicted octanol–water partition coefficient (Wildman–Crippen LogP) is -3.85. The number of nitrogen functional groups attached to an aromatic ring is 2. The average Bonchev–Trinajstić information content (AvgIpc) is 3.02. The summed E-state index contributed by atoms with van der Waals surface area (Å²) in [5.41, 5.74) is 16.0. The van der Waals surface area contributed by atoms with Crippen molar-refractivity contribution in [1.82, 2.24) is 61.0 Å². The molecule has 0 spiro atoms. The van der Waals surface area contributed by atoms with Gasteiger partial charge in [0.15, 0.2) is 0 Å². The fourth-order valence-electron chi connectivity index (χ4n) is 1.06. The van der Waals surface area contributed by atoms with E-state index < -0.39 is 0 Å². The minimum absolute atomic E-state index is 0.0252. The third-order valence-corrected chi connectivity index (χ3v) is 1.88. The van der Waals surface area contributed by atoms with Crippen molar-refractivity contribution in [2.75, 3.05) is 22.3 Å². The summed E-state index contributed by atoms with van der Waals surface area (Å²) in [7, 11) is 0. The molecule has 16 heteroatoms. The Morgan fingerprint density at radius 1 is 0.650 bits per heavy atom. The summed E-state index contributed by atoms with van der Waals surface area (Å²) in [6, 6.07) is 0. The molecule has 0 aliphatic carbocycles. The van der Waals surface area contributed by atoms with Crippen molar-refractivity contribution in [2.45, 2.75) is 0 Å². The third kappa shape index (κ3) is 2.14. The maximum atomic E-state index is 5.44. The summed E-state index contributed by atoms with van der Waals surface area (Å²) < 4.78 is 0. The zero-order valence-electron chi connectivity index (χ0n) is 9.52. The van der Waals surface area contributed by atoms with Gasteiger partial charge < -0.3 is 11.5 Å². The molecule has 0 saturated heterocycles. The molecule has 20 heavy (non-hydrogen) atoms. The Morgan fingerprint density at radius 2 is 1.05 bits per heavy atom. The molecule has 3 aromatic heterocycles. The molecule has 0 radical (unpaired) electrons. The molecule has 0 bridgehead atoms. The lowest BCUT2D eigenvalue weighted by Crippen LogP contribution is -2.20. The van der Waals surface area contributed by atoms with Gasteiger partial charge in [-0.05, 0) is 20.9 Å². The molecule has 3 heterocycles. The summed E-state index contributed by atoms with van der Waals surface area (Å²) in [5, 5.41) is 35.5. The van der Waals surface area contributed by atoms with Gasteiger partial charge in [-0.2, -0.15) is 0 Å². The second-order valence-corrected chi connectivity index (χ2v) is 3.17. The van der Waals surface area contributed by atoms with E-state index in [1.807, 2.05) is 0 Å². The van der Waals surface area contributed by atoms with Crippen LogP contribution in [-0.4, -0.2) is 61.0 Å². The van der Waals surface area contributed by atoms with Crippen molar-refractivity contribution >= 4 is 23.8 Å². The molecule has 0 aliphatic heterocycles. The molecule has 3 aromatic rings. The van der Waals surface area contributed by atoms with Crippen molar-refractivity contribution in [3.05, 3.63) is 0 Å². The third-order valence-electron chi connectivity index (χ3n) is 1.88. The number of tetrazole rings is 2. The number of nitrogens with two attached hydrogens (primary N) is 2. The van der Waals surface area contributed by atoms with Crippen LogP contribution in [0.4, 0.5) is 23.8 Å². The SMILES string of the molecule is Nc1nnnn1Nc1nnc(Nn2nnnc2N)nn1. The van der Waals surface area contributed by atoms with Gasteiger partial charge in [-0.25, -0.2) is 10.9 Å². The van der Waals surface area contributed by atoms with Crippen molar-refractivity contribution in [2.24, 2.45) is 0 Å². The van der Waals surface area contributed by atoms with Crippen LogP contribution < -0.4 is 22.3 Å². The minimum Gasteiger partial charge on any atom is -0.365 e. The number of nitrogens with zero attached hydrogens (tertiary/aromatic N) is 12. The summed E-state index contributed by atoms with van der Waals surface area (Å²) >= 11 is 0. The lowest BCUT2D eigenvalue weighted by Gasteiger charge is -2.04. The molecule has 16 nitrogen and oxygen atoms in total. The van der Waals surface area contributed by atoms with Crippen LogP contribution in [0.5, 0.6) is 0 Å². The summed E-state index contributed by atoms with van der Waals surface area (Å²) in [6.07, 6.45) is 0. The van der Waals surface area contributed by atoms with E-state index in [9.17, 15) is 0 Å². The van der Waals surface area contributed by atoms with Crippen molar-refractivity contribution in [3.63, 3.8) is 0 Å². The van der Waals surface area contributed by atoms with Gasteiger partial charge >= 0.3 is 0 Å². The van der Waals surface area contributed by atoms with Gasteiger partial charge in [-0.15, -0.1) is 30.0 Å². The van der Waals surface area contributed by atoms with Gasteiger partial charge in [0.1, 0.15) is 0 Å². The first-order valence-electron chi connectivity index (χ1n) is 4.91. The molecule has 0 atom stereocenters. The molecule has 102 valence electrons. The van der Waals surface area contributed by atoms with Gasteiger partial charge in [-0.3, -0.25) is 0 Å². The quantitative estimate of drug-likeness (QED) is 0.359. The fourth-order valence-corrected chi connectivity index (χ4v) is 1.06. The van der Waals surface area contributed by atoms with E-state index >= 15 is 0 Å². The molecular formula is C4H6N16. The Morgan fingerprint density at radius 3 is 1.35 bits per heavy atom. The second-order valence-electron chi connectivity index (χ2n) is 3.17. The highest BCUT2D eigenvalue weighted by Gasteiger charge is 2.07. The first-order valence-corrected chi connectivity index (χ1v) is 4.91. The van der Waals surface area contributed by atoms with Crippen LogP contribution in [0, 0.1) is 0 Å². The zero-order chi connectivity index (χ0) is 13.9. The maximum Gasteiger partial charge on any atom is 0.282 e. The largest absolute Gasteiger partial charge is 0.365 e. The van der Waals surface area contributed by atoms with Gasteiger partial charge in [0.2, 0.25) is 0 Å². The van der Waals surface area contributed by atoms with Crippen LogP contribution in [0.1, 0.15) is 0 Å². The van der Waals surface area contributed by atoms with Crippen LogP contribution in [0.25, 0.3) is 0 Å². The van der Waals surface area contributed by atoms with E-state index in [1.54, 1.807) is 0 Å². The summed E-state index contributed by atoms with van der Waals surface area (Å²) in [5.74, 6) is 0.105. The first-order chi connectivity index (χ1) is 9.72. The Labute approximate surface area is 108 Å². The zero-order valence-corrected chi connectivity index (χ0v) is 9.52. The number of rotatable bonds is 4. The average molecular weight is 278 g/mol. The lowest BCUT2D eigenvalue weighted by molar-refractivity contribution is 0.700. The highest BCUT2D eigenvalue weighted by Crippen LogP contribution is 2.00. The second kappa shape index (κ2) is 4.51. The Kier molecular flexibility index (Phi) is 2.57. The van der Waals surface area contributed by atoms with Gasteiger partial charge in [0, 0.05) is 0 Å². The van der Waals surface area contributed by atoms with Crippen LogP contribution in [0.2, 0.25) is 0 Å². The standard InChI is InChI=1S/C4H6N16/c5-1-7-15-17-19(1)13-3-9-11-4(12-10-3)14-20-2(6)8-16-18-20/h(H2,5,7,17)(H2,6,8,18)(H,9,10,13)(H,11,12,14). The van der Waals surface area contributed by atoms with Gasteiger partial charge in [0.05, 0.1) is 0 Å². The maximum absolute atomic E-state index is 5.44. The molecule has 3 rings (SSSR count). The molecule has 0 aliphatic rings. The van der Waals surface area contributed by atoms with Crippen LogP contribution >= 0.6 is 0 Å². The van der Waals surface area contributed by atoms with E-state index in [1.165, 1.54) is 0 Å². The van der Waals surface area contributed by atoms with Crippen molar-refractivity contribution in [1.29, 1.82) is 0 Å². The van der Waals surface area contributed by atoms with E-state index in [0.29, 0.717) is 0 Å². The van der Waals surface area contributed by atoms with Crippen LogP contribution in [-0.2, 0) is 0 Å². The fraction of sp³-hybridized carbons (Fsp3) is 0. The van der Waals surface area contributed by atoms with Crippen LogP contribution in [0.3, 0.4) is 0 Å². The Bertz CT molecular complexity index is 630. The van der Waals surface area contributed by atoms with Gasteiger partial charge in [0.25, 0.3) is 23.8 Å². The molecular weight excluding hydrogens is 272 g/mol. The lowest BCUT2D eigenvalue weighted by atomic mass is 11.0. The van der Waals surface area contributed by atoms with Crippen molar-refractivity contribution < 1.29 is 0 Å². The highest BCUT2D eigenvalue weighted by atomic mass is 15.7. The molecule has 0 saturated carbocycles. The number of anilines is 4. The monoisotopic (exact) mass is 278 g/mol. The molecule has 6 N–H and O–H groups in total. The highest BCUT2D eigenvalue weighted by molar-refractivity contribution is 5.28. The normalized spacial score (nSPS) is 10.4. The van der Waals surface area contributed by atoms with Gasteiger partial charge in [-0.1, -0.05) is 10.2 Å². The molecule has 0 amide bonds. The Hall–Kier alpha value is -3.72. The smallest absolute Gasteiger partial charge is 0.282 e. The predicted molar refractivity (Wildman–Crippen MR) is 60.1 cm³/mol. The minimum atomic E-state index is 0.0252. The van der Waals surface area contributed by atoms with E-state index in [-0.39, 0.29) is 23.8 Å². The van der Waals surface area contributed by atoms with E-state index in [0.717, 1.165) is 9.58 Å². The first kappa shape index (κ1) is 11.4. The summed E-state index contributed by atoms with van der Waals surface area (Å²) in [4.78, 5) is 2.09. The van der Waals surface area contributed by atoms with Crippen LogP contribution in [0.15, 0.2) is 0 Å². The number of hydrogen-bond donors (Lipinski definition) is 4. The summed E-state index contributed by atoms with van der Waals surface area (Å²) in [6.45, 7) is 0. The number of nitrogens with one attached hydrogen (secondary N) is 2. The van der Waals surface area contributed by atoms with Crippen molar-refractivity contribution in [3.8, 4) is 0 Å². The Balaban J connectivity index is 1.72. The van der Waals surface area contributed by atoms with E-state index in [2.05, 4.69) is 62.3 Å². The van der Waals surface area contributed by atoms with E-state index in [4.69, 9.17) is 11.5 Å². The topological polar surface area (TPSA) is 215 Å². The molecule has 0 unspecified atom stereocenters. The molecule has 0 fully saturated rings. The number of aromatic nitrogens is 12. The number of hydrogen-bond acceptors (Lipinski definition) is 14. The molecule has 0 aromatic carbocycles.